The van der Waals surface area contributed by atoms with Crippen molar-refractivity contribution < 1.29 is 14.3 Å². The molecule has 1 amide bonds. The second-order valence-electron chi connectivity index (χ2n) is 6.21. The van der Waals surface area contributed by atoms with E-state index in [1.165, 1.54) is 23.1 Å². The number of aryl methyl sites for hydroxylation is 1. The Hall–Kier alpha value is -2.66. The van der Waals surface area contributed by atoms with Gasteiger partial charge in [-0.05, 0) is 32.9 Å². The molecule has 0 saturated heterocycles. The molecule has 9 nitrogen and oxygen atoms in total. The standard InChI is InChI=1S/C18H22N6O3S2/c1-10(27-14-8-6-7-13(9-14)26-5)15-21-23-18(24(15)4)28-11(2)16(25)19-17-22-20-12(3)29-17/h6-11H,1-5H3,(H,19,22,25). The summed E-state index contributed by atoms with van der Waals surface area (Å²) in [6.45, 7) is 5.53. The Morgan fingerprint density at radius 3 is 2.66 bits per heavy atom. The first kappa shape index (κ1) is 21.1. The average molecular weight is 435 g/mol. The number of nitrogens with one attached hydrogen (secondary N) is 1. The molecule has 0 aliphatic rings. The zero-order chi connectivity index (χ0) is 21.0. The first-order valence-corrected chi connectivity index (χ1v) is 10.5. The van der Waals surface area contributed by atoms with E-state index in [1.54, 1.807) is 14.0 Å². The number of anilines is 1. The van der Waals surface area contributed by atoms with Crippen LogP contribution in [0, 0.1) is 6.92 Å². The van der Waals surface area contributed by atoms with Gasteiger partial charge < -0.3 is 14.0 Å². The van der Waals surface area contributed by atoms with E-state index in [4.69, 9.17) is 9.47 Å². The highest BCUT2D eigenvalue weighted by atomic mass is 32.2. The Morgan fingerprint density at radius 1 is 1.21 bits per heavy atom. The second kappa shape index (κ2) is 9.23. The summed E-state index contributed by atoms with van der Waals surface area (Å²) in [5.41, 5.74) is 0. The molecule has 0 fully saturated rings. The smallest absolute Gasteiger partial charge is 0.239 e. The first-order valence-electron chi connectivity index (χ1n) is 8.85. The van der Waals surface area contributed by atoms with Crippen molar-refractivity contribution in [1.82, 2.24) is 25.0 Å². The number of hydrogen-bond donors (Lipinski definition) is 1. The molecule has 0 saturated carbocycles. The number of rotatable bonds is 8. The van der Waals surface area contributed by atoms with E-state index in [-0.39, 0.29) is 17.3 Å². The molecular weight excluding hydrogens is 412 g/mol. The maximum atomic E-state index is 12.4. The lowest BCUT2D eigenvalue weighted by molar-refractivity contribution is -0.115. The number of nitrogens with zero attached hydrogens (tertiary/aromatic N) is 5. The van der Waals surface area contributed by atoms with Crippen molar-refractivity contribution in [2.24, 2.45) is 7.05 Å². The summed E-state index contributed by atoms with van der Waals surface area (Å²) in [5, 5.41) is 20.5. The van der Waals surface area contributed by atoms with E-state index in [1.807, 2.05) is 49.7 Å². The molecule has 29 heavy (non-hydrogen) atoms. The predicted octanol–water partition coefficient (Wildman–Crippen LogP) is 3.24. The third-order valence-corrected chi connectivity index (χ3v) is 5.88. The minimum Gasteiger partial charge on any atom is -0.497 e. The first-order chi connectivity index (χ1) is 13.9. The third-order valence-electron chi connectivity index (χ3n) is 3.99. The quantitative estimate of drug-likeness (QED) is 0.539. The van der Waals surface area contributed by atoms with Crippen LogP contribution >= 0.6 is 23.1 Å². The van der Waals surface area contributed by atoms with E-state index in [2.05, 4.69) is 25.7 Å². The van der Waals surface area contributed by atoms with Crippen molar-refractivity contribution in [3.8, 4) is 11.5 Å². The number of ether oxygens (including phenoxy) is 2. The van der Waals surface area contributed by atoms with E-state index in [0.717, 1.165) is 10.8 Å². The van der Waals surface area contributed by atoms with Gasteiger partial charge in [-0.3, -0.25) is 10.1 Å². The highest BCUT2D eigenvalue weighted by molar-refractivity contribution is 8.00. The molecule has 3 aromatic rings. The molecular formula is C18H22N6O3S2. The van der Waals surface area contributed by atoms with E-state index >= 15 is 0 Å². The summed E-state index contributed by atoms with van der Waals surface area (Å²) in [7, 11) is 3.46. The van der Waals surface area contributed by atoms with Crippen molar-refractivity contribution in [2.45, 2.75) is 37.3 Å². The molecule has 1 aromatic carbocycles. The molecule has 11 heteroatoms. The largest absolute Gasteiger partial charge is 0.497 e. The molecule has 2 atom stereocenters. The molecule has 0 aliphatic heterocycles. The average Bonchev–Trinajstić information content (AvgIpc) is 3.27. The number of methoxy groups -OCH3 is 1. The zero-order valence-corrected chi connectivity index (χ0v) is 18.4. The van der Waals surface area contributed by atoms with Gasteiger partial charge in [0.25, 0.3) is 0 Å². The van der Waals surface area contributed by atoms with E-state index in [9.17, 15) is 4.79 Å². The maximum Gasteiger partial charge on any atom is 0.239 e. The maximum absolute atomic E-state index is 12.4. The van der Waals surface area contributed by atoms with Crippen LogP contribution in [0.5, 0.6) is 11.5 Å². The van der Waals surface area contributed by atoms with E-state index in [0.29, 0.717) is 21.9 Å². The van der Waals surface area contributed by atoms with Crippen LogP contribution in [0.1, 0.15) is 30.8 Å². The van der Waals surface area contributed by atoms with Crippen molar-refractivity contribution in [3.05, 3.63) is 35.1 Å². The number of hydrogen-bond acceptors (Lipinski definition) is 9. The van der Waals surface area contributed by atoms with Crippen molar-refractivity contribution in [3.63, 3.8) is 0 Å². The monoisotopic (exact) mass is 434 g/mol. The number of aromatic nitrogens is 5. The Balaban J connectivity index is 1.64. The summed E-state index contributed by atoms with van der Waals surface area (Å²) in [6, 6.07) is 7.37. The third kappa shape index (κ3) is 5.24. The molecule has 2 heterocycles. The summed E-state index contributed by atoms with van der Waals surface area (Å²) in [5.74, 6) is 1.88. The molecule has 154 valence electrons. The van der Waals surface area contributed by atoms with Gasteiger partial charge in [0, 0.05) is 13.1 Å². The lowest BCUT2D eigenvalue weighted by Gasteiger charge is -2.15. The van der Waals surface area contributed by atoms with Gasteiger partial charge in [-0.2, -0.15) is 0 Å². The Labute approximate surface area is 176 Å². The fourth-order valence-electron chi connectivity index (χ4n) is 2.48. The van der Waals surface area contributed by atoms with Gasteiger partial charge in [0.05, 0.1) is 12.4 Å². The Morgan fingerprint density at radius 2 is 1.97 bits per heavy atom. The molecule has 1 N–H and O–H groups in total. The van der Waals surface area contributed by atoms with Gasteiger partial charge in [0.1, 0.15) is 16.5 Å². The summed E-state index contributed by atoms with van der Waals surface area (Å²) in [4.78, 5) is 12.4. The Kier molecular flexibility index (Phi) is 6.70. The number of amides is 1. The van der Waals surface area contributed by atoms with Crippen molar-refractivity contribution in [1.29, 1.82) is 0 Å². The van der Waals surface area contributed by atoms with Crippen LogP contribution in [0.2, 0.25) is 0 Å². The fraction of sp³-hybridized carbons (Fsp3) is 0.389. The molecule has 2 aromatic heterocycles. The van der Waals surface area contributed by atoms with Crippen LogP contribution in [-0.4, -0.2) is 43.2 Å². The molecule has 0 radical (unpaired) electrons. The van der Waals surface area contributed by atoms with Crippen molar-refractivity contribution >= 4 is 34.1 Å². The highest BCUT2D eigenvalue weighted by Gasteiger charge is 2.22. The molecule has 3 rings (SSSR count). The van der Waals surface area contributed by atoms with Gasteiger partial charge in [-0.15, -0.1) is 20.4 Å². The lowest BCUT2D eigenvalue weighted by Crippen LogP contribution is -2.22. The zero-order valence-electron chi connectivity index (χ0n) is 16.7. The molecule has 0 bridgehead atoms. The van der Waals surface area contributed by atoms with Crippen LogP contribution in [0.4, 0.5) is 5.13 Å². The SMILES string of the molecule is COc1cccc(OC(C)c2nnc(SC(C)C(=O)Nc3nnc(C)s3)n2C)c1. The van der Waals surface area contributed by atoms with Crippen molar-refractivity contribution in [2.75, 3.05) is 12.4 Å². The normalized spacial score (nSPS) is 13.0. The van der Waals surface area contributed by atoms with Crippen LogP contribution in [0.25, 0.3) is 0 Å². The molecule has 0 spiro atoms. The predicted molar refractivity (Wildman–Crippen MR) is 112 cm³/mol. The Bertz CT molecular complexity index is 990. The van der Waals surface area contributed by atoms with Gasteiger partial charge in [0.15, 0.2) is 17.1 Å². The number of carbonyl (C=O) groups is 1. The lowest BCUT2D eigenvalue weighted by atomic mass is 10.3. The number of carbonyl (C=O) groups excluding carboxylic acids is 1. The minimum absolute atomic E-state index is 0.170. The highest BCUT2D eigenvalue weighted by Crippen LogP contribution is 2.28. The summed E-state index contributed by atoms with van der Waals surface area (Å²) in [6.07, 6.45) is -0.331. The topological polar surface area (TPSA) is 104 Å². The van der Waals surface area contributed by atoms with E-state index < -0.39 is 0 Å². The number of thioether (sulfide) groups is 1. The molecule has 0 aliphatic carbocycles. The van der Waals surface area contributed by atoms with Crippen LogP contribution < -0.4 is 14.8 Å². The van der Waals surface area contributed by atoms with Crippen LogP contribution in [-0.2, 0) is 11.8 Å². The fourth-order valence-corrected chi connectivity index (χ4v) is 3.90. The van der Waals surface area contributed by atoms with Gasteiger partial charge in [-0.25, -0.2) is 0 Å². The van der Waals surface area contributed by atoms with Crippen LogP contribution in [0.3, 0.4) is 0 Å². The van der Waals surface area contributed by atoms with Gasteiger partial charge in [0.2, 0.25) is 11.0 Å². The van der Waals surface area contributed by atoms with Gasteiger partial charge in [-0.1, -0.05) is 29.2 Å². The van der Waals surface area contributed by atoms with Gasteiger partial charge >= 0.3 is 0 Å². The van der Waals surface area contributed by atoms with Crippen LogP contribution in [0.15, 0.2) is 29.4 Å². The summed E-state index contributed by atoms with van der Waals surface area (Å²) >= 11 is 2.65. The summed E-state index contributed by atoms with van der Waals surface area (Å²) < 4.78 is 13.0. The molecule has 2 unspecified atom stereocenters. The minimum atomic E-state index is -0.385. The number of benzene rings is 1. The second-order valence-corrected chi connectivity index (χ2v) is 8.70.